The maximum absolute atomic E-state index is 14.4. The summed E-state index contributed by atoms with van der Waals surface area (Å²) in [6, 6.07) is 6.56. The number of benzene rings is 1. The largest absolute Gasteiger partial charge is 0.385 e. The van der Waals surface area contributed by atoms with E-state index >= 15 is 0 Å². The quantitative estimate of drug-likeness (QED) is 0.746. The summed E-state index contributed by atoms with van der Waals surface area (Å²) in [5.41, 5.74) is 3.19. The van der Waals surface area contributed by atoms with Crippen LogP contribution in [-0.2, 0) is 16.7 Å². The fourth-order valence-corrected chi connectivity index (χ4v) is 3.26. The first-order valence-electron chi connectivity index (χ1n) is 8.34. The Morgan fingerprint density at radius 2 is 2.17 bits per heavy atom. The first-order valence-corrected chi connectivity index (χ1v) is 8.72. The second-order valence-corrected chi connectivity index (χ2v) is 6.81. The molecular formula is C19H14ClF3N4O2. The molecule has 0 fully saturated rings. The number of ether oxygens (including phenoxy) is 1. The molecule has 0 saturated carbocycles. The molecule has 0 radical (unpaired) electrons. The van der Waals surface area contributed by atoms with Gasteiger partial charge in [0.1, 0.15) is 30.0 Å². The van der Waals surface area contributed by atoms with Gasteiger partial charge in [-0.3, -0.25) is 14.8 Å². The van der Waals surface area contributed by atoms with Crippen molar-refractivity contribution in [3.8, 4) is 6.07 Å². The lowest BCUT2D eigenvalue weighted by atomic mass is 9.88. The number of nitrogens with zero attached hydrogens (tertiary/aromatic N) is 3. The summed E-state index contributed by atoms with van der Waals surface area (Å²) in [5, 5.41) is 8.82. The smallest absolute Gasteiger partial charge is 0.269 e. The van der Waals surface area contributed by atoms with Crippen LogP contribution in [0.25, 0.3) is 0 Å². The van der Waals surface area contributed by atoms with E-state index in [1.165, 1.54) is 18.3 Å². The Morgan fingerprint density at radius 1 is 1.41 bits per heavy atom. The number of pyridine rings is 1. The van der Waals surface area contributed by atoms with Crippen LogP contribution < -0.4 is 5.73 Å². The number of ketones is 1. The van der Waals surface area contributed by atoms with Gasteiger partial charge in [0.15, 0.2) is 11.3 Å². The predicted octanol–water partition coefficient (Wildman–Crippen LogP) is 3.02. The molecule has 1 aromatic carbocycles. The van der Waals surface area contributed by atoms with Crippen LogP contribution in [0.5, 0.6) is 0 Å². The summed E-state index contributed by atoms with van der Waals surface area (Å²) in [4.78, 5) is 20.2. The van der Waals surface area contributed by atoms with Crippen molar-refractivity contribution in [2.24, 2.45) is 10.7 Å². The van der Waals surface area contributed by atoms with Gasteiger partial charge in [-0.15, -0.1) is 0 Å². The summed E-state index contributed by atoms with van der Waals surface area (Å²) >= 11 is 5.99. The van der Waals surface area contributed by atoms with Crippen LogP contribution >= 0.6 is 11.6 Å². The first-order chi connectivity index (χ1) is 13.8. The molecule has 0 spiro atoms. The van der Waals surface area contributed by atoms with Crippen LogP contribution in [0.3, 0.4) is 0 Å². The lowest BCUT2D eigenvalue weighted by Crippen LogP contribution is -2.45. The van der Waals surface area contributed by atoms with Gasteiger partial charge in [0, 0.05) is 18.2 Å². The number of aromatic nitrogens is 1. The zero-order valence-corrected chi connectivity index (χ0v) is 15.6. The maximum atomic E-state index is 14.4. The highest BCUT2D eigenvalue weighted by atomic mass is 35.5. The number of alkyl halides is 2. The summed E-state index contributed by atoms with van der Waals surface area (Å²) in [6.45, 7) is -0.681. The Hall–Kier alpha value is -2.96. The van der Waals surface area contributed by atoms with Gasteiger partial charge < -0.3 is 10.5 Å². The van der Waals surface area contributed by atoms with E-state index in [1.807, 2.05) is 6.07 Å². The minimum atomic E-state index is -3.09. The van der Waals surface area contributed by atoms with Crippen molar-refractivity contribution in [3.63, 3.8) is 0 Å². The van der Waals surface area contributed by atoms with Crippen molar-refractivity contribution in [2.45, 2.75) is 18.4 Å². The normalized spacial score (nSPS) is 19.0. The molecule has 0 bridgehead atoms. The van der Waals surface area contributed by atoms with Crippen molar-refractivity contribution >= 4 is 23.2 Å². The fourth-order valence-electron chi connectivity index (χ4n) is 2.99. The number of nitrogens with two attached hydrogens (primary N) is 1. The Kier molecular flexibility index (Phi) is 5.86. The molecule has 150 valence electrons. The van der Waals surface area contributed by atoms with Crippen LogP contribution in [0.4, 0.5) is 13.2 Å². The summed E-state index contributed by atoms with van der Waals surface area (Å²) in [7, 11) is 0. The maximum Gasteiger partial charge on any atom is 0.269 e. The van der Waals surface area contributed by atoms with Gasteiger partial charge in [-0.25, -0.2) is 13.2 Å². The molecule has 0 aliphatic carbocycles. The second kappa shape index (κ2) is 8.19. The van der Waals surface area contributed by atoms with Gasteiger partial charge in [0.25, 0.3) is 6.43 Å². The van der Waals surface area contributed by atoms with Crippen molar-refractivity contribution in [1.82, 2.24) is 4.98 Å². The minimum Gasteiger partial charge on any atom is -0.385 e. The van der Waals surface area contributed by atoms with Gasteiger partial charge in [-0.1, -0.05) is 17.7 Å². The highest BCUT2D eigenvalue weighted by molar-refractivity contribution is 6.33. The number of aliphatic imine (C=N–C) groups is 1. The first kappa shape index (κ1) is 20.8. The van der Waals surface area contributed by atoms with E-state index < -0.39 is 35.7 Å². The number of carbonyl (C=O) groups is 1. The van der Waals surface area contributed by atoms with Crippen molar-refractivity contribution in [1.29, 1.82) is 5.26 Å². The fraction of sp³-hybridized carbons (Fsp3) is 0.263. The van der Waals surface area contributed by atoms with Crippen LogP contribution in [-0.4, -0.2) is 36.2 Å². The van der Waals surface area contributed by atoms with Crippen molar-refractivity contribution in [2.75, 3.05) is 13.2 Å². The molecule has 0 amide bonds. The molecule has 10 heteroatoms. The highest BCUT2D eigenvalue weighted by Crippen LogP contribution is 2.37. The minimum absolute atomic E-state index is 0.0153. The van der Waals surface area contributed by atoms with E-state index in [9.17, 15) is 18.0 Å². The average molecular weight is 423 g/mol. The molecule has 0 saturated heterocycles. The van der Waals surface area contributed by atoms with E-state index in [-0.39, 0.29) is 40.7 Å². The van der Waals surface area contributed by atoms with Crippen LogP contribution in [0, 0.1) is 17.1 Å². The zero-order chi connectivity index (χ0) is 21.2. The molecular weight excluding hydrogens is 409 g/mol. The number of hydrogen-bond acceptors (Lipinski definition) is 6. The molecule has 2 N–H and O–H groups in total. The molecule has 1 aromatic heterocycles. The molecule has 2 aromatic rings. The third kappa shape index (κ3) is 4.09. The van der Waals surface area contributed by atoms with Crippen LogP contribution in [0.2, 0.25) is 5.02 Å². The van der Waals surface area contributed by atoms with Gasteiger partial charge in [-0.05, 0) is 23.8 Å². The molecule has 2 heterocycles. The SMILES string of the molecule is N#Cc1cnc(C(=O)Cc2ccc(F)c([C@]3(C(F)F)COCC(N)=N3)c2)c(Cl)c1. The molecule has 1 atom stereocenters. The highest BCUT2D eigenvalue weighted by Gasteiger charge is 2.46. The van der Waals surface area contributed by atoms with Gasteiger partial charge in [0.05, 0.1) is 17.2 Å². The van der Waals surface area contributed by atoms with E-state index in [0.717, 1.165) is 12.1 Å². The van der Waals surface area contributed by atoms with Crippen LogP contribution in [0.15, 0.2) is 35.5 Å². The number of carbonyl (C=O) groups excluding carboxylic acids is 1. The third-order valence-electron chi connectivity index (χ3n) is 4.37. The number of amidine groups is 1. The Bertz CT molecular complexity index is 1040. The number of rotatable bonds is 5. The number of hydrogen-bond donors (Lipinski definition) is 1. The lowest BCUT2D eigenvalue weighted by Gasteiger charge is -2.33. The molecule has 0 unspecified atom stereocenters. The third-order valence-corrected chi connectivity index (χ3v) is 4.66. The molecule has 6 nitrogen and oxygen atoms in total. The molecule has 1 aliphatic heterocycles. The predicted molar refractivity (Wildman–Crippen MR) is 98.5 cm³/mol. The van der Waals surface area contributed by atoms with Crippen LogP contribution in [0.1, 0.15) is 27.2 Å². The van der Waals surface area contributed by atoms with E-state index in [4.69, 9.17) is 27.3 Å². The van der Waals surface area contributed by atoms with Crippen molar-refractivity contribution in [3.05, 3.63) is 63.7 Å². The standard InChI is InChI=1S/C19H14ClF3N4O2/c20-13-4-11(6-24)7-26-17(13)15(28)5-10-1-2-14(21)12(3-10)19(18(22)23)9-29-8-16(25)27-19/h1-4,7,18H,5,8-9H2,(H2,25,27)/t19-/m0/s1. The number of Topliss-reactive ketones (excluding diaryl/α,β-unsaturated/α-hetero) is 1. The average Bonchev–Trinajstić information content (AvgIpc) is 2.68. The monoisotopic (exact) mass is 422 g/mol. The Balaban J connectivity index is 1.96. The van der Waals surface area contributed by atoms with Gasteiger partial charge in [0.2, 0.25) is 0 Å². The molecule has 3 rings (SSSR count). The summed E-state index contributed by atoms with van der Waals surface area (Å²) in [5.74, 6) is -1.62. The second-order valence-electron chi connectivity index (χ2n) is 6.40. The number of halogens is 4. The van der Waals surface area contributed by atoms with Gasteiger partial charge >= 0.3 is 0 Å². The zero-order valence-electron chi connectivity index (χ0n) is 14.8. The van der Waals surface area contributed by atoms with E-state index in [0.29, 0.717) is 0 Å². The lowest BCUT2D eigenvalue weighted by molar-refractivity contribution is -0.0146. The Labute approximate surface area is 168 Å². The molecule has 1 aliphatic rings. The van der Waals surface area contributed by atoms with E-state index in [2.05, 4.69) is 9.98 Å². The Morgan fingerprint density at radius 3 is 2.79 bits per heavy atom. The summed E-state index contributed by atoms with van der Waals surface area (Å²) < 4.78 is 47.3. The topological polar surface area (TPSA) is 101 Å². The van der Waals surface area contributed by atoms with E-state index in [1.54, 1.807) is 0 Å². The number of nitriles is 1. The molecule has 29 heavy (non-hydrogen) atoms. The summed E-state index contributed by atoms with van der Waals surface area (Å²) in [6.07, 6.45) is -2.17. The van der Waals surface area contributed by atoms with Crippen molar-refractivity contribution < 1.29 is 22.7 Å². The van der Waals surface area contributed by atoms with Gasteiger partial charge in [-0.2, -0.15) is 5.26 Å².